The number of likely N-dealkylation sites (tertiary alicyclic amines) is 1. The van der Waals surface area contributed by atoms with Crippen molar-refractivity contribution in [3.8, 4) is 0 Å². The Morgan fingerprint density at radius 1 is 1.13 bits per heavy atom. The van der Waals surface area contributed by atoms with Crippen LogP contribution in [0.4, 0.5) is 4.79 Å². The average Bonchev–Trinajstić information content (AvgIpc) is 2.84. The molecule has 5 heteroatoms. The number of urea groups is 1. The smallest absolute Gasteiger partial charge is 0.315 e. The Labute approximate surface area is 139 Å². The lowest BCUT2D eigenvalue weighted by Crippen LogP contribution is -2.46. The lowest BCUT2D eigenvalue weighted by atomic mass is 10.1. The molecule has 2 amide bonds. The fourth-order valence-corrected chi connectivity index (χ4v) is 2.98. The average molecular weight is 319 g/mol. The topological polar surface area (TPSA) is 64.6 Å². The van der Waals surface area contributed by atoms with E-state index in [4.69, 9.17) is 0 Å². The Kier molecular flexibility index (Phi) is 7.90. The molecule has 1 fully saturated rings. The molecule has 1 heterocycles. The Hall–Kier alpha value is -1.59. The van der Waals surface area contributed by atoms with Crippen molar-refractivity contribution in [3.05, 3.63) is 35.9 Å². The number of carbonyl (C=O) groups is 1. The van der Waals surface area contributed by atoms with Gasteiger partial charge >= 0.3 is 6.03 Å². The van der Waals surface area contributed by atoms with Crippen LogP contribution >= 0.6 is 0 Å². The first-order chi connectivity index (χ1) is 11.3. The minimum Gasteiger partial charge on any atom is -0.394 e. The monoisotopic (exact) mass is 319 g/mol. The summed E-state index contributed by atoms with van der Waals surface area (Å²) < 4.78 is 0. The molecule has 5 nitrogen and oxygen atoms in total. The van der Waals surface area contributed by atoms with E-state index >= 15 is 0 Å². The second-order valence-electron chi connectivity index (χ2n) is 6.23. The Bertz CT molecular complexity index is 445. The van der Waals surface area contributed by atoms with Gasteiger partial charge in [-0.3, -0.25) is 0 Å². The molecule has 0 bridgehead atoms. The summed E-state index contributed by atoms with van der Waals surface area (Å²) in [7, 11) is 0. The Balaban J connectivity index is 1.66. The largest absolute Gasteiger partial charge is 0.394 e. The summed E-state index contributed by atoms with van der Waals surface area (Å²) in [5.41, 5.74) is 1.11. The molecule has 23 heavy (non-hydrogen) atoms. The molecule has 0 aromatic heterocycles. The minimum atomic E-state index is -0.254. The van der Waals surface area contributed by atoms with E-state index in [-0.39, 0.29) is 18.7 Å². The van der Waals surface area contributed by atoms with Crippen LogP contribution in [-0.2, 0) is 6.42 Å². The second-order valence-corrected chi connectivity index (χ2v) is 6.23. The molecule has 1 saturated heterocycles. The highest BCUT2D eigenvalue weighted by Crippen LogP contribution is 2.08. The standard InChI is InChI=1S/C18H29N3O2/c22-15-17(14-16-8-4-3-5-9-16)20-18(23)19-10-13-21-11-6-1-2-7-12-21/h3-5,8-9,17,22H,1-2,6-7,10-15H2,(H2,19,20,23)/t17-/m0/s1. The summed E-state index contributed by atoms with van der Waals surface area (Å²) in [6.07, 6.45) is 5.80. The van der Waals surface area contributed by atoms with Gasteiger partial charge in [-0.1, -0.05) is 43.2 Å². The highest BCUT2D eigenvalue weighted by Gasteiger charge is 2.13. The zero-order chi connectivity index (χ0) is 16.3. The van der Waals surface area contributed by atoms with Crippen LogP contribution < -0.4 is 10.6 Å². The molecule has 3 N–H and O–H groups in total. The number of hydrogen-bond acceptors (Lipinski definition) is 3. The van der Waals surface area contributed by atoms with Gasteiger partial charge in [0.15, 0.2) is 0 Å². The number of hydrogen-bond donors (Lipinski definition) is 3. The Morgan fingerprint density at radius 3 is 2.48 bits per heavy atom. The molecule has 128 valence electrons. The third-order valence-electron chi connectivity index (χ3n) is 4.29. The quantitative estimate of drug-likeness (QED) is 0.717. The van der Waals surface area contributed by atoms with Gasteiger partial charge in [0.1, 0.15) is 0 Å². The SMILES string of the molecule is O=C(NCCN1CCCCCC1)N[C@H](CO)Cc1ccccc1. The van der Waals surface area contributed by atoms with Crippen LogP contribution in [0.25, 0.3) is 0 Å². The zero-order valence-corrected chi connectivity index (χ0v) is 13.8. The molecule has 1 aromatic carbocycles. The van der Waals surface area contributed by atoms with Gasteiger partial charge < -0.3 is 20.6 Å². The first-order valence-corrected chi connectivity index (χ1v) is 8.69. The summed E-state index contributed by atoms with van der Waals surface area (Å²) >= 11 is 0. The molecule has 0 radical (unpaired) electrons. The minimum absolute atomic E-state index is 0.0611. The maximum absolute atomic E-state index is 12.0. The van der Waals surface area contributed by atoms with E-state index in [1.54, 1.807) is 0 Å². The van der Waals surface area contributed by atoms with Crippen LogP contribution in [0, 0.1) is 0 Å². The summed E-state index contributed by atoms with van der Waals surface area (Å²) in [6, 6.07) is 9.44. The van der Waals surface area contributed by atoms with Gasteiger partial charge in [0.05, 0.1) is 12.6 Å². The van der Waals surface area contributed by atoms with E-state index in [9.17, 15) is 9.90 Å². The van der Waals surface area contributed by atoms with Crippen LogP contribution in [-0.4, -0.2) is 54.9 Å². The van der Waals surface area contributed by atoms with Crippen LogP contribution in [0.1, 0.15) is 31.2 Å². The van der Waals surface area contributed by atoms with Crippen molar-refractivity contribution in [1.29, 1.82) is 0 Å². The summed E-state index contributed by atoms with van der Waals surface area (Å²) in [5.74, 6) is 0. The molecule has 1 atom stereocenters. The molecule has 0 spiro atoms. The number of nitrogens with zero attached hydrogens (tertiary/aromatic N) is 1. The Morgan fingerprint density at radius 2 is 1.83 bits per heavy atom. The van der Waals surface area contributed by atoms with E-state index in [1.807, 2.05) is 30.3 Å². The van der Waals surface area contributed by atoms with Crippen LogP contribution in [0.5, 0.6) is 0 Å². The first kappa shape index (κ1) is 17.8. The fourth-order valence-electron chi connectivity index (χ4n) is 2.98. The summed E-state index contributed by atoms with van der Waals surface area (Å²) in [6.45, 7) is 3.76. The van der Waals surface area contributed by atoms with E-state index < -0.39 is 0 Å². The van der Waals surface area contributed by atoms with Crippen LogP contribution in [0.2, 0.25) is 0 Å². The van der Waals surface area contributed by atoms with Gasteiger partial charge in [0, 0.05) is 13.1 Å². The molecule has 0 aliphatic carbocycles. The van der Waals surface area contributed by atoms with E-state index in [2.05, 4.69) is 15.5 Å². The normalized spacial score (nSPS) is 17.3. The maximum Gasteiger partial charge on any atom is 0.315 e. The number of aliphatic hydroxyl groups excluding tert-OH is 1. The number of nitrogens with one attached hydrogen (secondary N) is 2. The summed E-state index contributed by atoms with van der Waals surface area (Å²) in [4.78, 5) is 14.4. The first-order valence-electron chi connectivity index (χ1n) is 8.69. The molecular formula is C18H29N3O2. The number of benzene rings is 1. The molecule has 1 aromatic rings. The molecule has 1 aliphatic rings. The third-order valence-corrected chi connectivity index (χ3v) is 4.29. The van der Waals surface area contributed by atoms with Crippen molar-refractivity contribution in [3.63, 3.8) is 0 Å². The van der Waals surface area contributed by atoms with E-state index in [0.717, 1.165) is 25.2 Å². The molecule has 0 unspecified atom stereocenters. The third kappa shape index (κ3) is 7.01. The van der Waals surface area contributed by atoms with Crippen molar-refractivity contribution in [2.24, 2.45) is 0 Å². The second kappa shape index (κ2) is 10.2. The zero-order valence-electron chi connectivity index (χ0n) is 13.8. The predicted octanol–water partition coefficient (Wildman–Crippen LogP) is 1.77. The lowest BCUT2D eigenvalue weighted by Gasteiger charge is -2.21. The van der Waals surface area contributed by atoms with Crippen molar-refractivity contribution in [2.45, 2.75) is 38.1 Å². The van der Waals surface area contributed by atoms with Gasteiger partial charge in [-0.2, -0.15) is 0 Å². The number of carbonyl (C=O) groups excluding carboxylic acids is 1. The highest BCUT2D eigenvalue weighted by atomic mass is 16.3. The van der Waals surface area contributed by atoms with Gasteiger partial charge in [0.25, 0.3) is 0 Å². The maximum atomic E-state index is 12.0. The lowest BCUT2D eigenvalue weighted by molar-refractivity contribution is 0.213. The van der Waals surface area contributed by atoms with Crippen molar-refractivity contribution < 1.29 is 9.90 Å². The van der Waals surface area contributed by atoms with E-state index in [0.29, 0.717) is 13.0 Å². The van der Waals surface area contributed by atoms with Gasteiger partial charge in [-0.05, 0) is 37.9 Å². The van der Waals surface area contributed by atoms with Crippen molar-refractivity contribution in [1.82, 2.24) is 15.5 Å². The van der Waals surface area contributed by atoms with Crippen molar-refractivity contribution >= 4 is 6.03 Å². The van der Waals surface area contributed by atoms with Gasteiger partial charge in [-0.15, -0.1) is 0 Å². The highest BCUT2D eigenvalue weighted by molar-refractivity contribution is 5.74. The number of rotatable bonds is 7. The van der Waals surface area contributed by atoms with E-state index in [1.165, 1.54) is 25.7 Å². The predicted molar refractivity (Wildman–Crippen MR) is 92.5 cm³/mol. The number of aliphatic hydroxyl groups is 1. The number of amides is 2. The van der Waals surface area contributed by atoms with Gasteiger partial charge in [0.2, 0.25) is 0 Å². The molecule has 1 aliphatic heterocycles. The van der Waals surface area contributed by atoms with Crippen LogP contribution in [0.15, 0.2) is 30.3 Å². The molecular weight excluding hydrogens is 290 g/mol. The molecule has 0 saturated carbocycles. The molecule has 2 rings (SSSR count). The van der Waals surface area contributed by atoms with Gasteiger partial charge in [-0.25, -0.2) is 4.79 Å². The summed E-state index contributed by atoms with van der Waals surface area (Å²) in [5, 5.41) is 15.2. The van der Waals surface area contributed by atoms with Crippen LogP contribution in [0.3, 0.4) is 0 Å². The van der Waals surface area contributed by atoms with Crippen molar-refractivity contribution in [2.75, 3.05) is 32.8 Å². The fraction of sp³-hybridized carbons (Fsp3) is 0.611.